The number of rotatable bonds is 6. The molecule has 1 aliphatic carbocycles. The Kier molecular flexibility index (Phi) is 5.21. The molecule has 2 aromatic carbocycles. The van der Waals surface area contributed by atoms with Gasteiger partial charge in [0, 0.05) is 30.4 Å². The van der Waals surface area contributed by atoms with E-state index in [0.29, 0.717) is 30.4 Å². The molecule has 27 heavy (non-hydrogen) atoms. The third-order valence-corrected chi connectivity index (χ3v) is 5.04. The van der Waals surface area contributed by atoms with Gasteiger partial charge < -0.3 is 15.0 Å². The molecular weight excluding hydrogens is 340 g/mol. The van der Waals surface area contributed by atoms with Crippen molar-refractivity contribution < 1.29 is 14.3 Å². The molecule has 1 atom stereocenters. The number of nitrogens with one attached hydrogen (secondary N) is 1. The molecule has 1 heterocycles. The van der Waals surface area contributed by atoms with Crippen molar-refractivity contribution in [2.24, 2.45) is 0 Å². The molecule has 0 spiro atoms. The van der Waals surface area contributed by atoms with Gasteiger partial charge in [0.1, 0.15) is 6.10 Å². The third-order valence-electron chi connectivity index (χ3n) is 5.04. The van der Waals surface area contributed by atoms with E-state index in [0.717, 1.165) is 31.2 Å². The van der Waals surface area contributed by atoms with Crippen LogP contribution < -0.4 is 5.32 Å². The number of nitrogens with zero attached hydrogens (tertiary/aromatic N) is 1. The molecule has 0 aromatic heterocycles. The molecule has 1 unspecified atom stereocenters. The summed E-state index contributed by atoms with van der Waals surface area (Å²) in [6.45, 7) is 1.24. The molecule has 1 N–H and O–H groups in total. The minimum atomic E-state index is -0.384. The minimum absolute atomic E-state index is 0.00886. The summed E-state index contributed by atoms with van der Waals surface area (Å²) < 4.78 is 5.42. The van der Waals surface area contributed by atoms with Crippen LogP contribution in [0.4, 0.5) is 5.69 Å². The zero-order valence-electron chi connectivity index (χ0n) is 15.3. The van der Waals surface area contributed by atoms with E-state index < -0.39 is 0 Å². The van der Waals surface area contributed by atoms with E-state index in [2.05, 4.69) is 5.32 Å². The molecule has 0 bridgehead atoms. The van der Waals surface area contributed by atoms with Crippen molar-refractivity contribution in [3.05, 3.63) is 65.7 Å². The fourth-order valence-corrected chi connectivity index (χ4v) is 3.44. The summed E-state index contributed by atoms with van der Waals surface area (Å²) >= 11 is 0. The number of benzene rings is 2. The number of carbonyl (C=O) groups is 2. The van der Waals surface area contributed by atoms with Crippen LogP contribution in [0.25, 0.3) is 0 Å². The molecule has 1 saturated carbocycles. The Morgan fingerprint density at radius 3 is 2.56 bits per heavy atom. The van der Waals surface area contributed by atoms with Gasteiger partial charge in [-0.1, -0.05) is 36.4 Å². The number of carbonyl (C=O) groups excluding carboxylic acids is 2. The van der Waals surface area contributed by atoms with Crippen LogP contribution >= 0.6 is 0 Å². The Balaban J connectivity index is 1.47. The lowest BCUT2D eigenvalue weighted by molar-refractivity contribution is -0.124. The van der Waals surface area contributed by atoms with Crippen LogP contribution in [-0.4, -0.2) is 35.5 Å². The first kappa shape index (κ1) is 17.7. The van der Waals surface area contributed by atoms with Gasteiger partial charge in [-0.3, -0.25) is 9.59 Å². The van der Waals surface area contributed by atoms with Crippen molar-refractivity contribution >= 4 is 17.5 Å². The quantitative estimate of drug-likeness (QED) is 0.852. The third kappa shape index (κ3) is 4.37. The van der Waals surface area contributed by atoms with Crippen LogP contribution in [0.2, 0.25) is 0 Å². The van der Waals surface area contributed by atoms with Crippen molar-refractivity contribution in [3.8, 4) is 0 Å². The highest BCUT2D eigenvalue weighted by atomic mass is 16.5. The molecule has 1 aliphatic heterocycles. The zero-order chi connectivity index (χ0) is 18.6. The number of amides is 2. The van der Waals surface area contributed by atoms with Gasteiger partial charge in [0.2, 0.25) is 0 Å². The van der Waals surface area contributed by atoms with Crippen LogP contribution in [0.15, 0.2) is 54.6 Å². The fraction of sp³-hybridized carbons (Fsp3) is 0.364. The summed E-state index contributed by atoms with van der Waals surface area (Å²) in [4.78, 5) is 27.3. The lowest BCUT2D eigenvalue weighted by atomic mass is 10.1. The monoisotopic (exact) mass is 364 g/mol. The first-order valence-electron chi connectivity index (χ1n) is 9.58. The average molecular weight is 364 g/mol. The Bertz CT molecular complexity index is 811. The standard InChI is InChI=1S/C22H24N2O3/c25-21(20-10-5-13-27-20)23-18-9-4-8-17(14-18)22(26)24(19-11-12-19)15-16-6-2-1-3-7-16/h1-4,6-9,14,19-20H,5,10-13,15H2,(H,23,25). The number of anilines is 1. The second-order valence-corrected chi connectivity index (χ2v) is 7.22. The van der Waals surface area contributed by atoms with E-state index in [-0.39, 0.29) is 17.9 Å². The highest BCUT2D eigenvalue weighted by Crippen LogP contribution is 2.30. The van der Waals surface area contributed by atoms with E-state index in [1.807, 2.05) is 53.4 Å². The van der Waals surface area contributed by atoms with Gasteiger partial charge >= 0.3 is 0 Å². The summed E-state index contributed by atoms with van der Waals surface area (Å²) in [7, 11) is 0. The van der Waals surface area contributed by atoms with Gasteiger partial charge in [-0.2, -0.15) is 0 Å². The highest BCUT2D eigenvalue weighted by Gasteiger charge is 2.33. The van der Waals surface area contributed by atoms with E-state index in [1.54, 1.807) is 6.07 Å². The molecule has 2 aliphatic rings. The summed E-state index contributed by atoms with van der Waals surface area (Å²) in [5, 5.41) is 2.88. The van der Waals surface area contributed by atoms with E-state index in [9.17, 15) is 9.59 Å². The lowest BCUT2D eigenvalue weighted by Gasteiger charge is -2.23. The first-order chi connectivity index (χ1) is 13.2. The second kappa shape index (κ2) is 7.92. The Hall–Kier alpha value is -2.66. The fourth-order valence-electron chi connectivity index (χ4n) is 3.44. The molecule has 5 heteroatoms. The maximum Gasteiger partial charge on any atom is 0.254 e. The smallest absolute Gasteiger partial charge is 0.254 e. The van der Waals surface area contributed by atoms with Crippen molar-refractivity contribution in [3.63, 3.8) is 0 Å². The van der Waals surface area contributed by atoms with Crippen molar-refractivity contribution in [2.75, 3.05) is 11.9 Å². The molecule has 0 radical (unpaired) electrons. The van der Waals surface area contributed by atoms with E-state index >= 15 is 0 Å². The normalized spacial score (nSPS) is 18.9. The summed E-state index contributed by atoms with van der Waals surface area (Å²) in [6, 6.07) is 17.5. The predicted octanol–water partition coefficient (Wildman–Crippen LogP) is 3.61. The maximum atomic E-state index is 13.1. The van der Waals surface area contributed by atoms with Crippen LogP contribution in [0.3, 0.4) is 0 Å². The van der Waals surface area contributed by atoms with Gasteiger partial charge in [-0.25, -0.2) is 0 Å². The highest BCUT2D eigenvalue weighted by molar-refractivity contribution is 5.98. The van der Waals surface area contributed by atoms with Gasteiger partial charge in [0.05, 0.1) is 0 Å². The molecule has 2 fully saturated rings. The maximum absolute atomic E-state index is 13.1. The van der Waals surface area contributed by atoms with Crippen LogP contribution in [0.5, 0.6) is 0 Å². The van der Waals surface area contributed by atoms with Gasteiger partial charge in [0.25, 0.3) is 11.8 Å². The predicted molar refractivity (Wildman–Crippen MR) is 103 cm³/mol. The molecular formula is C22H24N2O3. The van der Waals surface area contributed by atoms with Crippen molar-refractivity contribution in [1.82, 2.24) is 4.90 Å². The van der Waals surface area contributed by atoms with E-state index in [1.165, 1.54) is 0 Å². The summed E-state index contributed by atoms with van der Waals surface area (Å²) in [5.41, 5.74) is 2.36. The summed E-state index contributed by atoms with van der Waals surface area (Å²) in [6.07, 6.45) is 3.37. The van der Waals surface area contributed by atoms with Crippen LogP contribution in [0, 0.1) is 0 Å². The molecule has 1 saturated heterocycles. The van der Waals surface area contributed by atoms with Gasteiger partial charge in [-0.15, -0.1) is 0 Å². The molecule has 140 valence electrons. The molecule has 2 amide bonds. The van der Waals surface area contributed by atoms with Crippen LogP contribution in [-0.2, 0) is 16.1 Å². The van der Waals surface area contributed by atoms with Gasteiger partial charge in [0.15, 0.2) is 0 Å². The topological polar surface area (TPSA) is 58.6 Å². The zero-order valence-corrected chi connectivity index (χ0v) is 15.3. The average Bonchev–Trinajstić information content (AvgIpc) is 3.39. The summed E-state index contributed by atoms with van der Waals surface area (Å²) in [5.74, 6) is -0.130. The van der Waals surface area contributed by atoms with Gasteiger partial charge in [-0.05, 0) is 49.4 Å². The number of ether oxygens (including phenoxy) is 1. The van der Waals surface area contributed by atoms with Crippen LogP contribution in [0.1, 0.15) is 41.6 Å². The number of hydrogen-bond donors (Lipinski definition) is 1. The Morgan fingerprint density at radius 2 is 1.85 bits per heavy atom. The molecule has 4 rings (SSSR count). The number of hydrogen-bond acceptors (Lipinski definition) is 3. The largest absolute Gasteiger partial charge is 0.368 e. The molecule has 2 aromatic rings. The Labute approximate surface area is 159 Å². The Morgan fingerprint density at radius 1 is 1.04 bits per heavy atom. The molecule has 5 nitrogen and oxygen atoms in total. The van der Waals surface area contributed by atoms with Crippen molar-refractivity contribution in [2.45, 2.75) is 44.4 Å². The minimum Gasteiger partial charge on any atom is -0.368 e. The first-order valence-corrected chi connectivity index (χ1v) is 9.58. The van der Waals surface area contributed by atoms with E-state index in [4.69, 9.17) is 4.74 Å². The second-order valence-electron chi connectivity index (χ2n) is 7.22. The van der Waals surface area contributed by atoms with Crippen molar-refractivity contribution in [1.29, 1.82) is 0 Å². The lowest BCUT2D eigenvalue weighted by Crippen LogP contribution is -2.32. The SMILES string of the molecule is O=C(Nc1cccc(C(=O)N(Cc2ccccc2)C2CC2)c1)C1CCCO1.